The molecule has 0 spiro atoms. The Kier molecular flexibility index (Phi) is 3.55. The summed E-state index contributed by atoms with van der Waals surface area (Å²) in [7, 11) is 1.68. The number of ether oxygens (including phenoxy) is 1. The van der Waals surface area contributed by atoms with Crippen LogP contribution in [0.5, 0.6) is 5.75 Å². The first-order valence-corrected chi connectivity index (χ1v) is 7.78. The van der Waals surface area contributed by atoms with E-state index < -0.39 is 0 Å². The van der Waals surface area contributed by atoms with Crippen molar-refractivity contribution in [1.29, 1.82) is 0 Å². The van der Waals surface area contributed by atoms with E-state index in [9.17, 15) is 0 Å². The lowest BCUT2D eigenvalue weighted by Crippen LogP contribution is -1.97. The summed E-state index contributed by atoms with van der Waals surface area (Å²) in [5, 5.41) is 1.02. The Morgan fingerprint density at radius 3 is 2.76 bits per heavy atom. The van der Waals surface area contributed by atoms with Gasteiger partial charge in [0.2, 0.25) is 0 Å². The number of methoxy groups -OCH3 is 1. The SMILES string of the molecule is CCc1cc(-c2nc3ccc(OC)cc3s2)cc(C)c1N. The van der Waals surface area contributed by atoms with Crippen molar-refractivity contribution >= 4 is 27.2 Å². The summed E-state index contributed by atoms with van der Waals surface area (Å²) in [6, 6.07) is 10.2. The van der Waals surface area contributed by atoms with Crippen LogP contribution in [0, 0.1) is 6.92 Å². The van der Waals surface area contributed by atoms with Gasteiger partial charge < -0.3 is 10.5 Å². The average Bonchev–Trinajstić information content (AvgIpc) is 2.92. The molecule has 2 aromatic carbocycles. The van der Waals surface area contributed by atoms with Gasteiger partial charge in [0.05, 0.1) is 17.3 Å². The van der Waals surface area contributed by atoms with Gasteiger partial charge in [0.15, 0.2) is 0 Å². The number of aromatic nitrogens is 1. The Hall–Kier alpha value is -2.07. The van der Waals surface area contributed by atoms with Gasteiger partial charge in [-0.25, -0.2) is 4.98 Å². The van der Waals surface area contributed by atoms with E-state index >= 15 is 0 Å². The van der Waals surface area contributed by atoms with E-state index in [-0.39, 0.29) is 0 Å². The molecule has 0 fully saturated rings. The third kappa shape index (κ3) is 2.47. The van der Waals surface area contributed by atoms with E-state index in [2.05, 4.69) is 19.1 Å². The average molecular weight is 298 g/mol. The van der Waals surface area contributed by atoms with E-state index in [0.717, 1.165) is 44.2 Å². The lowest BCUT2D eigenvalue weighted by atomic mass is 10.0. The van der Waals surface area contributed by atoms with Gasteiger partial charge in [-0.2, -0.15) is 0 Å². The molecule has 3 rings (SSSR count). The molecule has 3 aromatic rings. The van der Waals surface area contributed by atoms with Crippen LogP contribution in [-0.2, 0) is 6.42 Å². The van der Waals surface area contributed by atoms with E-state index in [4.69, 9.17) is 15.5 Å². The summed E-state index contributed by atoms with van der Waals surface area (Å²) in [6.07, 6.45) is 0.930. The zero-order chi connectivity index (χ0) is 15.0. The molecule has 0 radical (unpaired) electrons. The van der Waals surface area contributed by atoms with Crippen molar-refractivity contribution in [3.8, 4) is 16.3 Å². The van der Waals surface area contributed by atoms with Crippen LogP contribution in [0.25, 0.3) is 20.8 Å². The van der Waals surface area contributed by atoms with Gasteiger partial charge >= 0.3 is 0 Å². The summed E-state index contributed by atoms with van der Waals surface area (Å²) in [5.74, 6) is 0.862. The van der Waals surface area contributed by atoms with E-state index in [0.29, 0.717) is 0 Å². The van der Waals surface area contributed by atoms with Crippen molar-refractivity contribution in [1.82, 2.24) is 4.98 Å². The number of nitrogens with zero attached hydrogens (tertiary/aromatic N) is 1. The summed E-state index contributed by atoms with van der Waals surface area (Å²) in [6.45, 7) is 4.17. The minimum atomic E-state index is 0.862. The van der Waals surface area contributed by atoms with Crippen molar-refractivity contribution in [3.05, 3.63) is 41.5 Å². The second kappa shape index (κ2) is 5.37. The third-order valence-electron chi connectivity index (χ3n) is 3.70. The summed E-state index contributed by atoms with van der Waals surface area (Å²) in [5.41, 5.74) is 11.4. The molecule has 0 atom stereocenters. The molecule has 0 aliphatic heterocycles. The second-order valence-corrected chi connectivity index (χ2v) is 6.10. The number of hydrogen-bond donors (Lipinski definition) is 1. The molecule has 1 aromatic heterocycles. The van der Waals surface area contributed by atoms with Crippen LogP contribution in [0.4, 0.5) is 5.69 Å². The molecule has 0 saturated heterocycles. The van der Waals surface area contributed by atoms with Crippen molar-refractivity contribution in [2.45, 2.75) is 20.3 Å². The molecule has 0 saturated carbocycles. The fourth-order valence-electron chi connectivity index (χ4n) is 2.44. The van der Waals surface area contributed by atoms with Crippen LogP contribution in [0.15, 0.2) is 30.3 Å². The topological polar surface area (TPSA) is 48.1 Å². The van der Waals surface area contributed by atoms with E-state index in [1.54, 1.807) is 18.4 Å². The number of benzene rings is 2. The molecule has 0 aliphatic carbocycles. The normalized spacial score (nSPS) is 11.0. The lowest BCUT2D eigenvalue weighted by Gasteiger charge is -2.08. The predicted molar refractivity (Wildman–Crippen MR) is 90.1 cm³/mol. The highest BCUT2D eigenvalue weighted by Gasteiger charge is 2.10. The van der Waals surface area contributed by atoms with Gasteiger partial charge in [-0.05, 0) is 54.8 Å². The molecule has 0 amide bonds. The molecule has 0 aliphatic rings. The molecule has 2 N–H and O–H groups in total. The number of nitrogens with two attached hydrogens (primary N) is 1. The predicted octanol–water partition coefficient (Wildman–Crippen LogP) is 4.42. The number of hydrogen-bond acceptors (Lipinski definition) is 4. The van der Waals surface area contributed by atoms with Crippen molar-refractivity contribution in [3.63, 3.8) is 0 Å². The van der Waals surface area contributed by atoms with Gasteiger partial charge in [-0.3, -0.25) is 0 Å². The third-order valence-corrected chi connectivity index (χ3v) is 4.76. The van der Waals surface area contributed by atoms with Gasteiger partial charge in [0.1, 0.15) is 10.8 Å². The summed E-state index contributed by atoms with van der Waals surface area (Å²) < 4.78 is 6.41. The highest BCUT2D eigenvalue weighted by Crippen LogP contribution is 2.34. The van der Waals surface area contributed by atoms with Gasteiger partial charge in [-0.15, -0.1) is 11.3 Å². The van der Waals surface area contributed by atoms with Crippen LogP contribution in [0.1, 0.15) is 18.1 Å². The van der Waals surface area contributed by atoms with Crippen molar-refractivity contribution in [2.24, 2.45) is 0 Å². The number of aryl methyl sites for hydroxylation is 2. The standard InChI is InChI=1S/C17H18N2OS/c1-4-11-8-12(7-10(2)16(11)18)17-19-14-6-5-13(20-3)9-15(14)21-17/h5-9H,4,18H2,1-3H3. The fourth-order valence-corrected chi connectivity index (χ4v) is 3.42. The Balaban J connectivity index is 2.14. The Morgan fingerprint density at radius 2 is 2.05 bits per heavy atom. The highest BCUT2D eigenvalue weighted by molar-refractivity contribution is 7.21. The molecule has 1 heterocycles. The molecule has 3 nitrogen and oxygen atoms in total. The van der Waals surface area contributed by atoms with Crippen LogP contribution >= 0.6 is 11.3 Å². The van der Waals surface area contributed by atoms with Gasteiger partial charge in [0, 0.05) is 11.3 Å². The van der Waals surface area contributed by atoms with Crippen LogP contribution in [-0.4, -0.2) is 12.1 Å². The maximum atomic E-state index is 6.12. The Labute approximate surface area is 128 Å². The Morgan fingerprint density at radius 1 is 1.24 bits per heavy atom. The van der Waals surface area contributed by atoms with E-state index in [1.807, 2.05) is 25.1 Å². The smallest absolute Gasteiger partial charge is 0.124 e. The second-order valence-electron chi connectivity index (χ2n) is 5.07. The molecule has 21 heavy (non-hydrogen) atoms. The number of fused-ring (bicyclic) bond motifs is 1. The maximum absolute atomic E-state index is 6.12. The minimum absolute atomic E-state index is 0.862. The molecular formula is C17H18N2OS. The van der Waals surface area contributed by atoms with Crippen molar-refractivity contribution in [2.75, 3.05) is 12.8 Å². The first-order chi connectivity index (χ1) is 10.1. The number of thiazole rings is 1. The minimum Gasteiger partial charge on any atom is -0.497 e. The van der Waals surface area contributed by atoms with Crippen molar-refractivity contribution < 1.29 is 4.74 Å². The first-order valence-electron chi connectivity index (χ1n) is 6.96. The zero-order valence-electron chi connectivity index (χ0n) is 12.4. The molecule has 0 bridgehead atoms. The molecule has 108 valence electrons. The van der Waals surface area contributed by atoms with Crippen LogP contribution in [0.2, 0.25) is 0 Å². The van der Waals surface area contributed by atoms with Gasteiger partial charge in [-0.1, -0.05) is 6.92 Å². The summed E-state index contributed by atoms with van der Waals surface area (Å²) >= 11 is 1.68. The van der Waals surface area contributed by atoms with Crippen LogP contribution in [0.3, 0.4) is 0 Å². The lowest BCUT2D eigenvalue weighted by molar-refractivity contribution is 0.415. The van der Waals surface area contributed by atoms with Gasteiger partial charge in [0.25, 0.3) is 0 Å². The quantitative estimate of drug-likeness (QED) is 0.728. The maximum Gasteiger partial charge on any atom is 0.124 e. The zero-order valence-corrected chi connectivity index (χ0v) is 13.3. The molecular weight excluding hydrogens is 280 g/mol. The largest absolute Gasteiger partial charge is 0.497 e. The van der Waals surface area contributed by atoms with Crippen LogP contribution < -0.4 is 10.5 Å². The highest BCUT2D eigenvalue weighted by atomic mass is 32.1. The first kappa shape index (κ1) is 13.9. The fraction of sp³-hybridized carbons (Fsp3) is 0.235. The van der Waals surface area contributed by atoms with E-state index in [1.165, 1.54) is 5.56 Å². The molecule has 4 heteroatoms. The summed E-state index contributed by atoms with van der Waals surface area (Å²) in [4.78, 5) is 4.73. The monoisotopic (exact) mass is 298 g/mol. The number of rotatable bonds is 3. The number of anilines is 1. The molecule has 0 unspecified atom stereocenters. The number of nitrogen functional groups attached to an aromatic ring is 1. The Bertz CT molecular complexity index is 808.